The van der Waals surface area contributed by atoms with Crippen molar-refractivity contribution in [1.29, 1.82) is 0 Å². The molecule has 3 aromatic carbocycles. The highest BCUT2D eigenvalue weighted by Crippen LogP contribution is 2.35. The minimum absolute atomic E-state index is 0.191. The minimum Gasteiger partial charge on any atom is -0.462 e. The number of carbonyl (C=O) groups excluding carboxylic acids is 2. The van der Waals surface area contributed by atoms with Crippen molar-refractivity contribution < 1.29 is 23.8 Å². The summed E-state index contributed by atoms with van der Waals surface area (Å²) in [5.74, 6) is -0.861. The molecule has 6 heteroatoms. The maximum atomic E-state index is 11.4. The summed E-state index contributed by atoms with van der Waals surface area (Å²) in [6.45, 7) is 8.19. The van der Waals surface area contributed by atoms with Gasteiger partial charge >= 0.3 is 11.9 Å². The lowest BCUT2D eigenvalue weighted by atomic mass is 10.0. The van der Waals surface area contributed by atoms with E-state index in [2.05, 4.69) is 54.5 Å². The Morgan fingerprint density at radius 3 is 1.62 bits per heavy atom. The molecule has 0 N–H and O–H groups in total. The third kappa shape index (κ3) is 9.86. The van der Waals surface area contributed by atoms with Gasteiger partial charge in [-0.25, -0.2) is 9.59 Å². The molecule has 0 bridgehead atoms. The molecular formula is C34H39NO5. The van der Waals surface area contributed by atoms with Gasteiger partial charge in [0, 0.05) is 49.4 Å². The van der Waals surface area contributed by atoms with Gasteiger partial charge in [0.1, 0.15) is 6.61 Å². The molecule has 210 valence electrons. The van der Waals surface area contributed by atoms with E-state index in [1.807, 2.05) is 36.4 Å². The summed E-state index contributed by atoms with van der Waals surface area (Å²) in [7, 11) is 1.75. The SMILES string of the molecule is C=CC(=O)OCCc1ccc(N(c2ccc(CCCCCCOC)cc2)c2ccc(COC(=O)C=C)cc2)cc1. The number of unbranched alkanes of at least 4 members (excludes halogenated alkanes) is 3. The van der Waals surface area contributed by atoms with Crippen molar-refractivity contribution in [3.05, 3.63) is 115 Å². The van der Waals surface area contributed by atoms with Gasteiger partial charge in [0.15, 0.2) is 0 Å². The van der Waals surface area contributed by atoms with Crippen molar-refractivity contribution in [2.75, 3.05) is 25.2 Å². The number of esters is 2. The number of benzene rings is 3. The van der Waals surface area contributed by atoms with Gasteiger partial charge in [-0.05, 0) is 72.4 Å². The van der Waals surface area contributed by atoms with Crippen molar-refractivity contribution in [2.45, 2.75) is 45.1 Å². The number of hydrogen-bond acceptors (Lipinski definition) is 6. The van der Waals surface area contributed by atoms with Crippen molar-refractivity contribution in [3.63, 3.8) is 0 Å². The van der Waals surface area contributed by atoms with Crippen LogP contribution in [0.4, 0.5) is 17.1 Å². The Morgan fingerprint density at radius 2 is 1.10 bits per heavy atom. The summed E-state index contributed by atoms with van der Waals surface area (Å²) >= 11 is 0. The number of hydrogen-bond donors (Lipinski definition) is 0. The van der Waals surface area contributed by atoms with Crippen LogP contribution in [-0.2, 0) is 43.2 Å². The van der Waals surface area contributed by atoms with Crippen LogP contribution in [0, 0.1) is 0 Å². The largest absolute Gasteiger partial charge is 0.462 e. The van der Waals surface area contributed by atoms with Crippen LogP contribution in [0.1, 0.15) is 42.4 Å². The summed E-state index contributed by atoms with van der Waals surface area (Å²) in [6.07, 6.45) is 8.67. The van der Waals surface area contributed by atoms with E-state index >= 15 is 0 Å². The monoisotopic (exact) mass is 541 g/mol. The fourth-order valence-electron chi connectivity index (χ4n) is 4.28. The van der Waals surface area contributed by atoms with E-state index in [-0.39, 0.29) is 6.61 Å². The summed E-state index contributed by atoms with van der Waals surface area (Å²) in [5, 5.41) is 0. The molecule has 6 nitrogen and oxygen atoms in total. The van der Waals surface area contributed by atoms with Crippen molar-refractivity contribution in [1.82, 2.24) is 0 Å². The standard InChI is InChI=1S/C34H39NO5/c1-4-33(36)39-25-23-28-13-19-31(20-14-28)35(32-21-15-29(16-22-32)26-40-34(37)5-2)30-17-11-27(12-18-30)10-8-6-7-9-24-38-3/h4-5,11-22H,1-2,6-10,23-26H2,3H3. The molecule has 0 heterocycles. The topological polar surface area (TPSA) is 65.1 Å². The van der Waals surface area contributed by atoms with Gasteiger partial charge in [-0.1, -0.05) is 62.4 Å². The third-order valence-electron chi connectivity index (χ3n) is 6.50. The first-order chi connectivity index (χ1) is 19.5. The number of carbonyl (C=O) groups is 2. The van der Waals surface area contributed by atoms with E-state index in [4.69, 9.17) is 14.2 Å². The summed E-state index contributed by atoms with van der Waals surface area (Å²) in [5.41, 5.74) is 6.31. The number of rotatable bonds is 17. The predicted molar refractivity (Wildman–Crippen MR) is 160 cm³/mol. The number of ether oxygens (including phenoxy) is 3. The maximum absolute atomic E-state index is 11.4. The molecule has 0 spiro atoms. The van der Waals surface area contributed by atoms with E-state index in [0.717, 1.165) is 60.1 Å². The second-order valence-electron chi connectivity index (χ2n) is 9.43. The quantitative estimate of drug-likeness (QED) is 0.101. The highest BCUT2D eigenvalue weighted by atomic mass is 16.5. The van der Waals surface area contributed by atoms with Gasteiger partial charge in [0.05, 0.1) is 6.61 Å². The summed E-state index contributed by atoms with van der Waals surface area (Å²) < 4.78 is 15.4. The predicted octanol–water partition coefficient (Wildman–Crippen LogP) is 7.41. The van der Waals surface area contributed by atoms with E-state index in [1.54, 1.807) is 7.11 Å². The average Bonchev–Trinajstić information content (AvgIpc) is 2.99. The lowest BCUT2D eigenvalue weighted by Gasteiger charge is -2.26. The van der Waals surface area contributed by atoms with Crippen LogP contribution in [-0.4, -0.2) is 32.3 Å². The summed E-state index contributed by atoms with van der Waals surface area (Å²) in [4.78, 5) is 25.0. The molecule has 3 rings (SSSR count). The first-order valence-corrected chi connectivity index (χ1v) is 13.7. The Hall–Kier alpha value is -4.16. The second-order valence-corrected chi connectivity index (χ2v) is 9.43. The zero-order valence-electron chi connectivity index (χ0n) is 23.3. The molecule has 0 saturated heterocycles. The normalized spacial score (nSPS) is 10.5. The Bertz CT molecular complexity index is 1220. The molecule has 0 radical (unpaired) electrons. The minimum atomic E-state index is -0.444. The Balaban J connectivity index is 1.76. The van der Waals surface area contributed by atoms with Gasteiger partial charge < -0.3 is 19.1 Å². The Kier molecular flexibility index (Phi) is 12.7. The molecule has 40 heavy (non-hydrogen) atoms. The number of nitrogens with zero attached hydrogens (tertiary/aromatic N) is 1. The van der Waals surface area contributed by atoms with Gasteiger partial charge in [0.25, 0.3) is 0 Å². The molecule has 0 fully saturated rings. The van der Waals surface area contributed by atoms with Gasteiger partial charge in [-0.15, -0.1) is 0 Å². The maximum Gasteiger partial charge on any atom is 0.330 e. The zero-order valence-corrected chi connectivity index (χ0v) is 23.3. The smallest absolute Gasteiger partial charge is 0.330 e. The van der Waals surface area contributed by atoms with Crippen LogP contribution in [0.15, 0.2) is 98.1 Å². The van der Waals surface area contributed by atoms with Crippen LogP contribution in [0.25, 0.3) is 0 Å². The Morgan fingerprint density at radius 1 is 0.625 bits per heavy atom. The molecule has 0 unspecified atom stereocenters. The molecular weight excluding hydrogens is 502 g/mol. The van der Waals surface area contributed by atoms with E-state index < -0.39 is 11.9 Å². The summed E-state index contributed by atoms with van der Waals surface area (Å²) in [6, 6.07) is 24.9. The number of anilines is 3. The van der Waals surface area contributed by atoms with Crippen molar-refractivity contribution in [3.8, 4) is 0 Å². The van der Waals surface area contributed by atoms with Crippen LogP contribution >= 0.6 is 0 Å². The lowest BCUT2D eigenvalue weighted by molar-refractivity contribution is -0.139. The lowest BCUT2D eigenvalue weighted by Crippen LogP contribution is -2.10. The number of methoxy groups -OCH3 is 1. The van der Waals surface area contributed by atoms with Crippen molar-refractivity contribution >= 4 is 29.0 Å². The fourth-order valence-corrected chi connectivity index (χ4v) is 4.28. The molecule has 0 saturated carbocycles. The first kappa shape index (κ1) is 30.4. The average molecular weight is 542 g/mol. The van der Waals surface area contributed by atoms with E-state index in [0.29, 0.717) is 13.0 Å². The molecule has 0 aliphatic heterocycles. The van der Waals surface area contributed by atoms with Crippen LogP contribution < -0.4 is 4.90 Å². The van der Waals surface area contributed by atoms with Gasteiger partial charge in [-0.2, -0.15) is 0 Å². The fraction of sp³-hybridized carbons (Fsp3) is 0.294. The second kappa shape index (κ2) is 16.7. The molecule has 0 amide bonds. The molecule has 3 aromatic rings. The molecule has 0 aromatic heterocycles. The first-order valence-electron chi connectivity index (χ1n) is 13.7. The zero-order chi connectivity index (χ0) is 28.6. The van der Waals surface area contributed by atoms with Gasteiger partial charge in [-0.3, -0.25) is 0 Å². The van der Waals surface area contributed by atoms with Crippen molar-refractivity contribution in [2.24, 2.45) is 0 Å². The molecule has 0 aliphatic carbocycles. The molecule has 0 aliphatic rings. The van der Waals surface area contributed by atoms with Crippen LogP contribution in [0.3, 0.4) is 0 Å². The van der Waals surface area contributed by atoms with E-state index in [9.17, 15) is 9.59 Å². The Labute approximate surface area is 237 Å². The van der Waals surface area contributed by atoms with Crippen LogP contribution in [0.5, 0.6) is 0 Å². The molecule has 0 atom stereocenters. The van der Waals surface area contributed by atoms with Gasteiger partial charge in [0.2, 0.25) is 0 Å². The highest BCUT2D eigenvalue weighted by molar-refractivity contribution is 5.81. The van der Waals surface area contributed by atoms with E-state index in [1.165, 1.54) is 24.5 Å². The highest BCUT2D eigenvalue weighted by Gasteiger charge is 2.13. The van der Waals surface area contributed by atoms with Crippen LogP contribution in [0.2, 0.25) is 0 Å². The third-order valence-corrected chi connectivity index (χ3v) is 6.50. The number of aryl methyl sites for hydroxylation is 1.